The first-order valence-electron chi connectivity index (χ1n) is 19.1. The third kappa shape index (κ3) is 8.85. The van der Waals surface area contributed by atoms with Crippen molar-refractivity contribution < 1.29 is 19.1 Å². The van der Waals surface area contributed by atoms with E-state index in [2.05, 4.69) is 147 Å². The first-order valence-corrected chi connectivity index (χ1v) is 19.1. The van der Waals surface area contributed by atoms with Crippen molar-refractivity contribution in [1.82, 2.24) is 0 Å². The zero-order chi connectivity index (χ0) is 39.1. The molecule has 0 saturated heterocycles. The number of carbonyl (C=O) groups is 2. The summed E-state index contributed by atoms with van der Waals surface area (Å²) in [6, 6.07) is 7.54. The number of ether oxygens (including phenoxy) is 2. The fourth-order valence-corrected chi connectivity index (χ4v) is 8.76. The Kier molecular flexibility index (Phi) is 11.8. The van der Waals surface area contributed by atoms with Gasteiger partial charge in [0.15, 0.2) is 0 Å². The Morgan fingerprint density at radius 3 is 1.51 bits per heavy atom. The van der Waals surface area contributed by atoms with E-state index < -0.39 is 0 Å². The van der Waals surface area contributed by atoms with E-state index in [-0.39, 0.29) is 67.3 Å². The molecular weight excluding hydrogens is 629 g/mol. The molecule has 1 aromatic rings. The second-order valence-corrected chi connectivity index (χ2v) is 20.6. The number of allylic oxidation sites excluding steroid dienone is 2. The highest BCUT2D eigenvalue weighted by Gasteiger charge is 2.63. The van der Waals surface area contributed by atoms with Gasteiger partial charge < -0.3 is 9.47 Å². The van der Waals surface area contributed by atoms with E-state index in [9.17, 15) is 9.59 Å². The van der Waals surface area contributed by atoms with Gasteiger partial charge in [0.25, 0.3) is 0 Å². The fraction of sp³-hybridized carbons (Fsp3) is 0.660. The van der Waals surface area contributed by atoms with Crippen molar-refractivity contribution in [2.75, 3.05) is 13.2 Å². The number of rotatable bonds is 17. The Labute approximate surface area is 312 Å². The molecule has 2 aliphatic rings. The molecule has 0 amide bonds. The highest BCUT2D eigenvalue weighted by atomic mass is 16.5. The number of hydrogen-bond acceptors (Lipinski definition) is 4. The second kappa shape index (κ2) is 14.2. The van der Waals surface area contributed by atoms with Gasteiger partial charge in [0.2, 0.25) is 0 Å². The maximum atomic E-state index is 11.5. The monoisotopic (exact) mass is 701 g/mol. The van der Waals surface area contributed by atoms with Gasteiger partial charge in [0.05, 0.1) is 0 Å². The molecule has 2 saturated carbocycles. The lowest BCUT2D eigenvalue weighted by atomic mass is 9.56. The largest absolute Gasteiger partial charge is 0.458 e. The third-order valence-electron chi connectivity index (χ3n) is 14.6. The molecule has 0 bridgehead atoms. The van der Waals surface area contributed by atoms with E-state index in [4.69, 9.17) is 9.47 Å². The summed E-state index contributed by atoms with van der Waals surface area (Å²) in [5.41, 5.74) is 4.82. The summed E-state index contributed by atoms with van der Waals surface area (Å²) < 4.78 is 10.3. The molecule has 2 aliphatic carbocycles. The van der Waals surface area contributed by atoms with Crippen LogP contribution in [0.25, 0.3) is 0 Å². The van der Waals surface area contributed by atoms with E-state index in [0.717, 1.165) is 25.7 Å². The number of carbonyl (C=O) groups excluding carboxylic acids is 2. The number of hydrogen-bond donors (Lipinski definition) is 0. The Morgan fingerprint density at radius 2 is 1.06 bits per heavy atom. The molecule has 0 aliphatic heterocycles. The average molecular weight is 701 g/mol. The molecule has 0 aromatic heterocycles. The van der Waals surface area contributed by atoms with Gasteiger partial charge in [-0.3, -0.25) is 0 Å². The van der Waals surface area contributed by atoms with Crippen molar-refractivity contribution in [3.8, 4) is 0 Å². The van der Waals surface area contributed by atoms with Gasteiger partial charge in [0.1, 0.15) is 13.2 Å². The van der Waals surface area contributed by atoms with Gasteiger partial charge in [-0.1, -0.05) is 160 Å². The SMILES string of the molecule is C=CC(=O)OCC=CCC1(C)CC1(C)CC(C)(C)C(C)(C)c1cc(C(C)(C)C)cc(C(C)(C)C(C)(C)CC2(C)CC2(C)C=CCOC(=O)C=C)c1. The summed E-state index contributed by atoms with van der Waals surface area (Å²) in [5.74, 6) is -0.767. The predicted octanol–water partition coefficient (Wildman–Crippen LogP) is 12.2. The Hall–Kier alpha value is -2.88. The van der Waals surface area contributed by atoms with Gasteiger partial charge >= 0.3 is 11.9 Å². The molecule has 2 fully saturated rings. The predicted molar refractivity (Wildman–Crippen MR) is 215 cm³/mol. The summed E-state index contributed by atoms with van der Waals surface area (Å²) in [7, 11) is 0. The van der Waals surface area contributed by atoms with Crippen LogP contribution in [0, 0.1) is 32.5 Å². The summed E-state index contributed by atoms with van der Waals surface area (Å²) in [6.07, 6.45) is 16.3. The average Bonchev–Trinajstić information content (AvgIpc) is 3.76. The van der Waals surface area contributed by atoms with Crippen molar-refractivity contribution in [2.45, 2.75) is 152 Å². The van der Waals surface area contributed by atoms with Crippen LogP contribution < -0.4 is 0 Å². The van der Waals surface area contributed by atoms with E-state index >= 15 is 0 Å². The minimum Gasteiger partial charge on any atom is -0.458 e. The lowest BCUT2D eigenvalue weighted by Gasteiger charge is -2.48. The molecule has 0 heterocycles. The lowest BCUT2D eigenvalue weighted by Crippen LogP contribution is -2.41. The van der Waals surface area contributed by atoms with Gasteiger partial charge in [-0.15, -0.1) is 0 Å². The quantitative estimate of drug-likeness (QED) is 0.0922. The Balaban J connectivity index is 1.89. The molecule has 4 atom stereocenters. The maximum absolute atomic E-state index is 11.5. The minimum absolute atomic E-state index is 0.0108. The molecule has 4 unspecified atom stereocenters. The zero-order valence-corrected chi connectivity index (χ0v) is 35.2. The standard InChI is InChI=1S/C47H72O4/c1-18-37(48)50-25-21-20-23-44(14)32-46(44,16)30-40(6,7)42(10,11)35-27-34(39(3,4)5)28-36(29-35)43(12,13)41(8,9)31-47(17)33-45(47,15)24-22-26-51-38(49)19-2/h18-22,24,27-29H,1-2,23,25-26,30-33H2,3-17H3. The summed E-state index contributed by atoms with van der Waals surface area (Å²) in [5, 5.41) is 0. The molecule has 0 radical (unpaired) electrons. The molecule has 0 spiro atoms. The first kappa shape index (κ1) is 42.5. The lowest BCUT2D eigenvalue weighted by molar-refractivity contribution is -0.137. The smallest absolute Gasteiger partial charge is 0.330 e. The molecule has 4 nitrogen and oxygen atoms in total. The van der Waals surface area contributed by atoms with E-state index in [1.807, 2.05) is 12.2 Å². The van der Waals surface area contributed by atoms with Gasteiger partial charge in [-0.05, 0) is 97.5 Å². The molecular formula is C47H72O4. The fourth-order valence-electron chi connectivity index (χ4n) is 8.76. The molecule has 284 valence electrons. The molecule has 1 aromatic carbocycles. The van der Waals surface area contributed by atoms with Crippen LogP contribution >= 0.6 is 0 Å². The Morgan fingerprint density at radius 1 is 0.627 bits per heavy atom. The minimum atomic E-state index is -0.385. The normalized spacial score (nSPS) is 27.0. The van der Waals surface area contributed by atoms with Crippen molar-refractivity contribution >= 4 is 11.9 Å². The van der Waals surface area contributed by atoms with Crippen LogP contribution in [0.2, 0.25) is 0 Å². The van der Waals surface area contributed by atoms with Crippen LogP contribution in [0.5, 0.6) is 0 Å². The van der Waals surface area contributed by atoms with Crippen LogP contribution in [-0.4, -0.2) is 25.2 Å². The summed E-state index contributed by atoms with van der Waals surface area (Å²) in [4.78, 5) is 22.9. The van der Waals surface area contributed by atoms with Crippen molar-refractivity contribution in [1.29, 1.82) is 0 Å². The van der Waals surface area contributed by atoms with Gasteiger partial charge in [-0.2, -0.15) is 0 Å². The van der Waals surface area contributed by atoms with Crippen LogP contribution in [-0.2, 0) is 35.3 Å². The highest BCUT2D eigenvalue weighted by Crippen LogP contribution is 2.72. The van der Waals surface area contributed by atoms with Gasteiger partial charge in [0, 0.05) is 12.2 Å². The zero-order valence-electron chi connectivity index (χ0n) is 35.2. The molecule has 51 heavy (non-hydrogen) atoms. The van der Waals surface area contributed by atoms with Crippen molar-refractivity contribution in [2.24, 2.45) is 32.5 Å². The van der Waals surface area contributed by atoms with E-state index in [0.29, 0.717) is 6.61 Å². The molecule has 0 N–H and O–H groups in total. The van der Waals surface area contributed by atoms with Crippen LogP contribution in [0.4, 0.5) is 0 Å². The van der Waals surface area contributed by atoms with Crippen molar-refractivity contribution in [3.05, 3.63) is 84.5 Å². The van der Waals surface area contributed by atoms with Crippen molar-refractivity contribution in [3.63, 3.8) is 0 Å². The molecule has 3 rings (SSSR count). The second-order valence-electron chi connectivity index (χ2n) is 20.6. The van der Waals surface area contributed by atoms with E-state index in [1.165, 1.54) is 35.3 Å². The van der Waals surface area contributed by atoms with Crippen LogP contribution in [0.15, 0.2) is 67.8 Å². The summed E-state index contributed by atoms with van der Waals surface area (Å²) in [6.45, 7) is 43.9. The van der Waals surface area contributed by atoms with Gasteiger partial charge in [-0.25, -0.2) is 9.59 Å². The van der Waals surface area contributed by atoms with E-state index in [1.54, 1.807) is 0 Å². The van der Waals surface area contributed by atoms with Crippen LogP contribution in [0.3, 0.4) is 0 Å². The summed E-state index contributed by atoms with van der Waals surface area (Å²) >= 11 is 0. The molecule has 4 heteroatoms. The first-order chi connectivity index (χ1) is 23.1. The Bertz CT molecular complexity index is 1540. The highest BCUT2D eigenvalue weighted by molar-refractivity contribution is 5.81. The number of benzene rings is 1. The topological polar surface area (TPSA) is 52.6 Å². The number of esters is 2. The maximum Gasteiger partial charge on any atom is 0.330 e. The van der Waals surface area contributed by atoms with Crippen LogP contribution in [0.1, 0.15) is 153 Å². The third-order valence-corrected chi connectivity index (χ3v) is 14.6.